The summed E-state index contributed by atoms with van der Waals surface area (Å²) in [7, 11) is 0. The van der Waals surface area contributed by atoms with Crippen molar-refractivity contribution in [3.63, 3.8) is 0 Å². The quantitative estimate of drug-likeness (QED) is 0.796. The summed E-state index contributed by atoms with van der Waals surface area (Å²) in [6.07, 6.45) is 3.65. The maximum Gasteiger partial charge on any atom is 0.128 e. The highest BCUT2D eigenvalue weighted by atomic mass is 19.1. The van der Waals surface area contributed by atoms with Crippen molar-refractivity contribution >= 4 is 5.69 Å². The fraction of sp³-hybridized carbons (Fsp3) is 0.625. The summed E-state index contributed by atoms with van der Waals surface area (Å²) in [5, 5.41) is 3.54. The second-order valence-corrected chi connectivity index (χ2v) is 6.55. The average molecular weight is 249 g/mol. The molecule has 0 aromatic heterocycles. The molecule has 1 aliphatic carbocycles. The van der Waals surface area contributed by atoms with Crippen LogP contribution in [0, 0.1) is 24.1 Å². The van der Waals surface area contributed by atoms with Gasteiger partial charge in [-0.3, -0.25) is 0 Å². The Kier molecular flexibility index (Phi) is 3.65. The lowest BCUT2D eigenvalue weighted by molar-refractivity contribution is 0.177. The fourth-order valence-corrected chi connectivity index (χ4v) is 3.12. The van der Waals surface area contributed by atoms with E-state index >= 15 is 0 Å². The maximum atomic E-state index is 13.5. The smallest absolute Gasteiger partial charge is 0.128 e. The van der Waals surface area contributed by atoms with Crippen molar-refractivity contribution in [1.29, 1.82) is 0 Å². The molecule has 1 nitrogen and oxygen atoms in total. The Balaban J connectivity index is 2.08. The summed E-state index contributed by atoms with van der Waals surface area (Å²) in [6, 6.07) is 5.75. The van der Waals surface area contributed by atoms with Crippen molar-refractivity contribution in [2.24, 2.45) is 11.3 Å². The molecule has 1 aromatic rings. The number of hydrogen-bond donors (Lipinski definition) is 1. The lowest BCUT2D eigenvalue weighted by Crippen LogP contribution is -2.37. The lowest BCUT2D eigenvalue weighted by atomic mass is 9.70. The van der Waals surface area contributed by atoms with E-state index in [2.05, 4.69) is 26.1 Å². The highest BCUT2D eigenvalue weighted by Crippen LogP contribution is 2.39. The van der Waals surface area contributed by atoms with Gasteiger partial charge in [-0.2, -0.15) is 0 Å². The molecular weight excluding hydrogens is 225 g/mol. The van der Waals surface area contributed by atoms with E-state index < -0.39 is 0 Å². The molecule has 0 aliphatic heterocycles. The van der Waals surface area contributed by atoms with Crippen LogP contribution in [0.2, 0.25) is 0 Å². The standard InChI is InChI=1S/C16H24FN/c1-11-10-16(3,4)9-8-14(11)18-15-7-5-6-13(17)12(15)2/h5-7,11,14,18H,8-10H2,1-4H3. The zero-order chi connectivity index (χ0) is 13.3. The largest absolute Gasteiger partial charge is 0.382 e. The zero-order valence-electron chi connectivity index (χ0n) is 11.9. The molecule has 0 spiro atoms. The van der Waals surface area contributed by atoms with Crippen LogP contribution >= 0.6 is 0 Å². The van der Waals surface area contributed by atoms with Crippen LogP contribution in [-0.4, -0.2) is 6.04 Å². The van der Waals surface area contributed by atoms with Gasteiger partial charge in [0.2, 0.25) is 0 Å². The summed E-state index contributed by atoms with van der Waals surface area (Å²) >= 11 is 0. The average Bonchev–Trinajstić information content (AvgIpc) is 2.27. The van der Waals surface area contributed by atoms with Crippen molar-refractivity contribution in [2.75, 3.05) is 5.32 Å². The van der Waals surface area contributed by atoms with Crippen molar-refractivity contribution in [3.05, 3.63) is 29.6 Å². The van der Waals surface area contributed by atoms with E-state index in [0.717, 1.165) is 11.3 Å². The van der Waals surface area contributed by atoms with Crippen molar-refractivity contribution in [3.8, 4) is 0 Å². The second-order valence-electron chi connectivity index (χ2n) is 6.55. The third kappa shape index (κ3) is 2.85. The Bertz CT molecular complexity index is 425. The molecule has 18 heavy (non-hydrogen) atoms. The van der Waals surface area contributed by atoms with Crippen LogP contribution in [0.1, 0.15) is 45.6 Å². The summed E-state index contributed by atoms with van der Waals surface area (Å²) < 4.78 is 13.5. The second kappa shape index (κ2) is 4.91. The number of rotatable bonds is 2. The van der Waals surface area contributed by atoms with E-state index in [1.54, 1.807) is 6.07 Å². The molecule has 100 valence electrons. The van der Waals surface area contributed by atoms with Gasteiger partial charge in [0.15, 0.2) is 0 Å². The Morgan fingerprint density at radius 2 is 2.06 bits per heavy atom. The van der Waals surface area contributed by atoms with Gasteiger partial charge in [-0.1, -0.05) is 26.8 Å². The van der Waals surface area contributed by atoms with Gasteiger partial charge < -0.3 is 5.32 Å². The molecule has 2 rings (SSSR count). The first kappa shape index (κ1) is 13.4. The summed E-state index contributed by atoms with van der Waals surface area (Å²) in [6.45, 7) is 8.82. The highest BCUT2D eigenvalue weighted by Gasteiger charge is 2.32. The molecule has 1 fully saturated rings. The first-order chi connectivity index (χ1) is 8.39. The lowest BCUT2D eigenvalue weighted by Gasteiger charge is -2.40. The summed E-state index contributed by atoms with van der Waals surface area (Å²) in [5.74, 6) is 0.514. The van der Waals surface area contributed by atoms with Crippen LogP contribution in [0.5, 0.6) is 0 Å². The molecule has 1 saturated carbocycles. The number of benzene rings is 1. The minimum absolute atomic E-state index is 0.121. The van der Waals surface area contributed by atoms with Gasteiger partial charge in [0, 0.05) is 17.3 Å². The molecule has 2 atom stereocenters. The Morgan fingerprint density at radius 3 is 2.72 bits per heavy atom. The molecule has 2 unspecified atom stereocenters. The highest BCUT2D eigenvalue weighted by molar-refractivity contribution is 5.51. The van der Waals surface area contributed by atoms with Crippen LogP contribution < -0.4 is 5.32 Å². The van der Waals surface area contributed by atoms with Crippen molar-refractivity contribution in [2.45, 2.75) is 53.0 Å². The minimum atomic E-state index is -0.121. The van der Waals surface area contributed by atoms with Crippen molar-refractivity contribution in [1.82, 2.24) is 0 Å². The number of halogens is 1. The van der Waals surface area contributed by atoms with Gasteiger partial charge in [-0.15, -0.1) is 0 Å². The number of hydrogen-bond acceptors (Lipinski definition) is 1. The van der Waals surface area contributed by atoms with Crippen LogP contribution in [0.25, 0.3) is 0 Å². The predicted octanol–water partition coefficient (Wildman–Crippen LogP) is 4.76. The first-order valence-electron chi connectivity index (χ1n) is 6.91. The maximum absolute atomic E-state index is 13.5. The molecular formula is C16H24FN. The normalized spacial score (nSPS) is 26.9. The monoisotopic (exact) mass is 249 g/mol. The molecule has 0 amide bonds. The molecule has 1 aliphatic rings. The van der Waals surface area contributed by atoms with E-state index in [1.807, 2.05) is 13.0 Å². The molecule has 0 bridgehead atoms. The van der Waals surface area contributed by atoms with Crippen LogP contribution in [0.3, 0.4) is 0 Å². The zero-order valence-corrected chi connectivity index (χ0v) is 11.9. The van der Waals surface area contributed by atoms with Gasteiger partial charge in [0.05, 0.1) is 0 Å². The van der Waals surface area contributed by atoms with Gasteiger partial charge in [0.1, 0.15) is 5.82 Å². The summed E-state index contributed by atoms with van der Waals surface area (Å²) in [4.78, 5) is 0. The molecule has 0 radical (unpaired) electrons. The minimum Gasteiger partial charge on any atom is -0.382 e. The third-order valence-electron chi connectivity index (χ3n) is 4.30. The van der Waals surface area contributed by atoms with Gasteiger partial charge >= 0.3 is 0 Å². The fourth-order valence-electron chi connectivity index (χ4n) is 3.12. The topological polar surface area (TPSA) is 12.0 Å². The van der Waals surface area contributed by atoms with E-state index in [-0.39, 0.29) is 5.82 Å². The van der Waals surface area contributed by atoms with E-state index in [9.17, 15) is 4.39 Å². The van der Waals surface area contributed by atoms with E-state index in [1.165, 1.54) is 25.3 Å². The van der Waals surface area contributed by atoms with Gasteiger partial charge in [0.25, 0.3) is 0 Å². The molecule has 1 aromatic carbocycles. The van der Waals surface area contributed by atoms with E-state index in [0.29, 0.717) is 17.4 Å². The molecule has 1 N–H and O–H groups in total. The van der Waals surface area contributed by atoms with Crippen molar-refractivity contribution < 1.29 is 4.39 Å². The first-order valence-corrected chi connectivity index (χ1v) is 6.91. The number of anilines is 1. The van der Waals surface area contributed by atoms with Gasteiger partial charge in [-0.05, 0) is 49.7 Å². The molecule has 2 heteroatoms. The number of nitrogens with one attached hydrogen (secondary N) is 1. The Labute approximate surface area is 110 Å². The molecule has 0 saturated heterocycles. The van der Waals surface area contributed by atoms with E-state index in [4.69, 9.17) is 0 Å². The van der Waals surface area contributed by atoms with Crippen LogP contribution in [0.4, 0.5) is 10.1 Å². The Hall–Kier alpha value is -1.05. The van der Waals surface area contributed by atoms with Crippen LogP contribution in [0.15, 0.2) is 18.2 Å². The van der Waals surface area contributed by atoms with Crippen LogP contribution in [-0.2, 0) is 0 Å². The SMILES string of the molecule is Cc1c(F)cccc1NC1CCC(C)(C)CC1C. The van der Waals surface area contributed by atoms with Gasteiger partial charge in [-0.25, -0.2) is 4.39 Å². The third-order valence-corrected chi connectivity index (χ3v) is 4.30. The Morgan fingerprint density at radius 1 is 1.33 bits per heavy atom. The summed E-state index contributed by atoms with van der Waals surface area (Å²) in [5.41, 5.74) is 2.13. The predicted molar refractivity (Wildman–Crippen MR) is 75.3 cm³/mol. The molecule has 0 heterocycles.